The molecule has 1 N–H and O–H groups in total. The third-order valence-corrected chi connectivity index (χ3v) is 4.59. The van der Waals surface area contributed by atoms with E-state index in [1.807, 2.05) is 0 Å². The van der Waals surface area contributed by atoms with Gasteiger partial charge in [0.25, 0.3) is 0 Å². The van der Waals surface area contributed by atoms with E-state index in [1.54, 1.807) is 12.3 Å². The average molecular weight is 283 g/mol. The molecule has 0 atom stereocenters. The van der Waals surface area contributed by atoms with E-state index < -0.39 is 0 Å². The number of hydrogen-bond donors (Lipinski definition) is 1. The van der Waals surface area contributed by atoms with Gasteiger partial charge in [0.1, 0.15) is 0 Å². The van der Waals surface area contributed by atoms with Crippen LogP contribution in [0.25, 0.3) is 0 Å². The molecular weight excluding hydrogens is 262 g/mol. The van der Waals surface area contributed by atoms with Crippen LogP contribution < -0.4 is 5.32 Å². The van der Waals surface area contributed by atoms with E-state index in [9.17, 15) is 4.79 Å². The standard InChI is InChI=1S/C13H21N3O2S/c1-4-18-11(17)10-8-19-12(15-10)14-9-13(16(2)3)6-5-7-13/h8H,4-7,9H2,1-3H3,(H,14,15). The molecule has 1 fully saturated rings. The first-order valence-electron chi connectivity index (χ1n) is 6.61. The van der Waals surface area contributed by atoms with Crippen molar-refractivity contribution in [3.63, 3.8) is 0 Å². The minimum Gasteiger partial charge on any atom is -0.461 e. The Kier molecular flexibility index (Phi) is 4.42. The van der Waals surface area contributed by atoms with Gasteiger partial charge in [-0.1, -0.05) is 0 Å². The number of anilines is 1. The number of hydrogen-bond acceptors (Lipinski definition) is 6. The predicted molar refractivity (Wildman–Crippen MR) is 76.8 cm³/mol. The molecule has 0 saturated heterocycles. The summed E-state index contributed by atoms with van der Waals surface area (Å²) in [5, 5.41) is 5.87. The number of nitrogens with zero attached hydrogens (tertiary/aromatic N) is 2. The lowest BCUT2D eigenvalue weighted by molar-refractivity contribution is 0.0520. The van der Waals surface area contributed by atoms with Crippen LogP contribution in [-0.4, -0.2) is 48.6 Å². The van der Waals surface area contributed by atoms with Crippen molar-refractivity contribution >= 4 is 22.4 Å². The minimum absolute atomic E-state index is 0.246. The summed E-state index contributed by atoms with van der Waals surface area (Å²) in [6, 6.07) is 0. The van der Waals surface area contributed by atoms with E-state index in [1.165, 1.54) is 30.6 Å². The van der Waals surface area contributed by atoms with Crippen molar-refractivity contribution in [2.75, 3.05) is 32.6 Å². The summed E-state index contributed by atoms with van der Waals surface area (Å²) >= 11 is 1.45. The molecule has 2 rings (SSSR count). The van der Waals surface area contributed by atoms with Gasteiger partial charge in [-0.15, -0.1) is 11.3 Å². The maximum Gasteiger partial charge on any atom is 0.357 e. The van der Waals surface area contributed by atoms with Crippen molar-refractivity contribution in [1.82, 2.24) is 9.88 Å². The van der Waals surface area contributed by atoms with Crippen LogP contribution in [0, 0.1) is 0 Å². The Morgan fingerprint density at radius 3 is 2.84 bits per heavy atom. The summed E-state index contributed by atoms with van der Waals surface area (Å²) in [4.78, 5) is 18.1. The molecule has 1 aliphatic rings. The van der Waals surface area contributed by atoms with Crippen molar-refractivity contribution in [2.45, 2.75) is 31.7 Å². The third-order valence-electron chi connectivity index (χ3n) is 3.79. The van der Waals surface area contributed by atoms with Crippen LogP contribution in [0.1, 0.15) is 36.7 Å². The van der Waals surface area contributed by atoms with Crippen molar-refractivity contribution in [3.05, 3.63) is 11.1 Å². The second-order valence-corrected chi connectivity index (χ2v) is 5.94. The minimum atomic E-state index is -0.349. The van der Waals surface area contributed by atoms with Crippen LogP contribution in [0.15, 0.2) is 5.38 Å². The Labute approximate surface area is 118 Å². The predicted octanol–water partition coefficient (Wildman–Crippen LogP) is 2.22. The van der Waals surface area contributed by atoms with Crippen LogP contribution in [0.4, 0.5) is 5.13 Å². The fraction of sp³-hybridized carbons (Fsp3) is 0.692. The number of thiazole rings is 1. The first-order chi connectivity index (χ1) is 9.07. The van der Waals surface area contributed by atoms with E-state index in [0.717, 1.165) is 11.7 Å². The summed E-state index contributed by atoms with van der Waals surface area (Å²) in [7, 11) is 4.24. The molecule has 1 heterocycles. The average Bonchev–Trinajstić information content (AvgIpc) is 2.76. The lowest BCUT2D eigenvalue weighted by atomic mass is 9.75. The molecule has 0 unspecified atom stereocenters. The molecule has 0 bridgehead atoms. The molecule has 19 heavy (non-hydrogen) atoms. The zero-order chi connectivity index (χ0) is 13.9. The number of rotatable bonds is 6. The van der Waals surface area contributed by atoms with Gasteiger partial charge in [-0.3, -0.25) is 0 Å². The van der Waals surface area contributed by atoms with Crippen molar-refractivity contribution in [1.29, 1.82) is 0 Å². The number of ether oxygens (including phenoxy) is 1. The van der Waals surface area contributed by atoms with Gasteiger partial charge in [-0.2, -0.15) is 0 Å². The van der Waals surface area contributed by atoms with E-state index in [2.05, 4.69) is 29.3 Å². The highest BCUT2D eigenvalue weighted by atomic mass is 32.1. The van der Waals surface area contributed by atoms with Crippen LogP contribution in [0.5, 0.6) is 0 Å². The monoisotopic (exact) mass is 283 g/mol. The highest BCUT2D eigenvalue weighted by Crippen LogP contribution is 2.36. The molecule has 6 heteroatoms. The van der Waals surface area contributed by atoms with E-state index in [-0.39, 0.29) is 11.5 Å². The Morgan fingerprint density at radius 1 is 1.58 bits per heavy atom. The summed E-state index contributed by atoms with van der Waals surface area (Å²) in [6.45, 7) is 3.04. The van der Waals surface area contributed by atoms with Gasteiger partial charge in [0.15, 0.2) is 10.8 Å². The molecule has 1 aromatic heterocycles. The lowest BCUT2D eigenvalue weighted by Crippen LogP contribution is -2.54. The Hall–Kier alpha value is -1.14. The van der Waals surface area contributed by atoms with Crippen molar-refractivity contribution < 1.29 is 9.53 Å². The van der Waals surface area contributed by atoms with E-state index in [4.69, 9.17) is 4.74 Å². The number of carbonyl (C=O) groups is 1. The van der Waals surface area contributed by atoms with Crippen LogP contribution in [-0.2, 0) is 4.74 Å². The molecule has 0 spiro atoms. The lowest BCUT2D eigenvalue weighted by Gasteiger charge is -2.47. The summed E-state index contributed by atoms with van der Waals surface area (Å²) in [5.74, 6) is -0.349. The molecule has 0 amide bonds. The normalized spacial score (nSPS) is 17.1. The molecule has 5 nitrogen and oxygen atoms in total. The smallest absolute Gasteiger partial charge is 0.357 e. The van der Waals surface area contributed by atoms with Gasteiger partial charge in [0.2, 0.25) is 0 Å². The van der Waals surface area contributed by atoms with Gasteiger partial charge in [0.05, 0.1) is 6.61 Å². The topological polar surface area (TPSA) is 54.5 Å². The summed E-state index contributed by atoms with van der Waals surface area (Å²) in [5.41, 5.74) is 0.636. The number of carbonyl (C=O) groups excluding carboxylic acids is 1. The van der Waals surface area contributed by atoms with Gasteiger partial charge < -0.3 is 15.0 Å². The third kappa shape index (κ3) is 3.06. The van der Waals surface area contributed by atoms with Gasteiger partial charge >= 0.3 is 5.97 Å². The van der Waals surface area contributed by atoms with Crippen LogP contribution in [0.3, 0.4) is 0 Å². The fourth-order valence-corrected chi connectivity index (χ4v) is 2.94. The molecule has 0 aromatic carbocycles. The highest BCUT2D eigenvalue weighted by Gasteiger charge is 2.38. The van der Waals surface area contributed by atoms with Crippen LogP contribution in [0.2, 0.25) is 0 Å². The maximum absolute atomic E-state index is 11.5. The number of nitrogens with one attached hydrogen (secondary N) is 1. The molecule has 1 aromatic rings. The second-order valence-electron chi connectivity index (χ2n) is 5.08. The van der Waals surface area contributed by atoms with E-state index in [0.29, 0.717) is 12.3 Å². The molecule has 0 aliphatic heterocycles. The molecule has 0 radical (unpaired) electrons. The fourth-order valence-electron chi connectivity index (χ4n) is 2.26. The van der Waals surface area contributed by atoms with E-state index >= 15 is 0 Å². The zero-order valence-electron chi connectivity index (χ0n) is 11.7. The molecule has 1 saturated carbocycles. The highest BCUT2D eigenvalue weighted by molar-refractivity contribution is 7.13. The van der Waals surface area contributed by atoms with Gasteiger partial charge in [-0.05, 0) is 40.3 Å². The first-order valence-corrected chi connectivity index (χ1v) is 7.49. The number of esters is 1. The van der Waals surface area contributed by atoms with Gasteiger partial charge in [-0.25, -0.2) is 9.78 Å². The Bertz CT molecular complexity index is 441. The number of aromatic nitrogens is 1. The molecule has 106 valence electrons. The quantitative estimate of drug-likeness (QED) is 0.811. The van der Waals surface area contributed by atoms with Gasteiger partial charge in [0, 0.05) is 17.5 Å². The van der Waals surface area contributed by atoms with Crippen molar-refractivity contribution in [2.24, 2.45) is 0 Å². The van der Waals surface area contributed by atoms with Crippen molar-refractivity contribution in [3.8, 4) is 0 Å². The Balaban J connectivity index is 1.91. The Morgan fingerprint density at radius 2 is 2.32 bits per heavy atom. The summed E-state index contributed by atoms with van der Waals surface area (Å²) in [6.07, 6.45) is 3.71. The maximum atomic E-state index is 11.5. The summed E-state index contributed by atoms with van der Waals surface area (Å²) < 4.78 is 4.93. The first kappa shape index (κ1) is 14.3. The SMILES string of the molecule is CCOC(=O)c1csc(NCC2(N(C)C)CCC2)n1. The molecule has 1 aliphatic carbocycles. The molecular formula is C13H21N3O2S. The number of likely N-dealkylation sites (N-methyl/N-ethyl adjacent to an activating group) is 1. The zero-order valence-corrected chi connectivity index (χ0v) is 12.5. The second kappa shape index (κ2) is 5.88. The largest absolute Gasteiger partial charge is 0.461 e. The van der Waals surface area contributed by atoms with Crippen LogP contribution >= 0.6 is 11.3 Å².